The minimum Gasteiger partial charge on any atom is -0.396 e. The summed E-state index contributed by atoms with van der Waals surface area (Å²) in [6, 6.07) is 6.54. The van der Waals surface area contributed by atoms with Crippen molar-refractivity contribution in [2.45, 2.75) is 136 Å². The van der Waals surface area contributed by atoms with Crippen LogP contribution in [0.5, 0.6) is 0 Å². The van der Waals surface area contributed by atoms with Crippen molar-refractivity contribution in [3.63, 3.8) is 0 Å². The minimum atomic E-state index is 0.189. The lowest BCUT2D eigenvalue weighted by Gasteiger charge is -2.53. The zero-order valence-corrected chi connectivity index (χ0v) is 23.1. The number of nitrogens with zero attached hydrogens (tertiary/aromatic N) is 3. The number of hydrogen-bond donors (Lipinski definition) is 2. The monoisotopic (exact) mass is 484 g/mol. The van der Waals surface area contributed by atoms with Crippen molar-refractivity contribution in [1.82, 2.24) is 10.2 Å². The largest absolute Gasteiger partial charge is 0.396 e. The zero-order valence-electron chi connectivity index (χ0n) is 23.1. The number of nitriles is 2. The zero-order chi connectivity index (χ0) is 25.5. The molecule has 0 bridgehead atoms. The van der Waals surface area contributed by atoms with Gasteiger partial charge < -0.3 is 10.4 Å². The first-order valence-corrected chi connectivity index (χ1v) is 14.5. The Morgan fingerprint density at radius 3 is 2.09 bits per heavy atom. The Morgan fingerprint density at radius 2 is 1.54 bits per heavy atom. The van der Waals surface area contributed by atoms with Crippen molar-refractivity contribution in [2.75, 3.05) is 19.7 Å². The average molecular weight is 485 g/mol. The van der Waals surface area contributed by atoms with E-state index < -0.39 is 0 Å². The molecule has 0 radical (unpaired) electrons. The fourth-order valence-corrected chi connectivity index (χ4v) is 7.48. The second-order valence-electron chi connectivity index (χ2n) is 13.6. The predicted molar refractivity (Wildman–Crippen MR) is 143 cm³/mol. The highest BCUT2D eigenvalue weighted by molar-refractivity contribution is 5.00. The molecule has 0 aromatic carbocycles. The van der Waals surface area contributed by atoms with E-state index >= 15 is 0 Å². The van der Waals surface area contributed by atoms with Crippen LogP contribution < -0.4 is 5.32 Å². The summed E-state index contributed by atoms with van der Waals surface area (Å²) in [5, 5.41) is 32.3. The van der Waals surface area contributed by atoms with Crippen LogP contribution >= 0.6 is 0 Å². The molecule has 0 amide bonds. The van der Waals surface area contributed by atoms with Crippen molar-refractivity contribution in [3.05, 3.63) is 0 Å². The Labute approximate surface area is 215 Å². The van der Waals surface area contributed by atoms with E-state index in [0.717, 1.165) is 51.0 Å². The van der Waals surface area contributed by atoms with Crippen molar-refractivity contribution >= 4 is 0 Å². The Morgan fingerprint density at radius 1 is 0.914 bits per heavy atom. The Balaban J connectivity index is 1.44. The summed E-state index contributed by atoms with van der Waals surface area (Å²) in [5.74, 6) is 0.576. The number of rotatable bonds is 12. The molecule has 2 N–H and O–H groups in total. The molecule has 5 heteroatoms. The van der Waals surface area contributed by atoms with Gasteiger partial charge in [0.1, 0.15) is 0 Å². The molecule has 0 aromatic heterocycles. The van der Waals surface area contributed by atoms with E-state index in [9.17, 15) is 10.4 Å². The molecule has 1 heterocycles. The first kappa shape index (κ1) is 28.4. The van der Waals surface area contributed by atoms with Gasteiger partial charge in [-0.25, -0.2) is 0 Å². The van der Waals surface area contributed by atoms with Gasteiger partial charge in [-0.05, 0) is 86.4 Å². The van der Waals surface area contributed by atoms with Gasteiger partial charge in [-0.3, -0.25) is 4.90 Å². The van der Waals surface area contributed by atoms with E-state index in [-0.39, 0.29) is 17.4 Å². The summed E-state index contributed by atoms with van der Waals surface area (Å²) in [5.41, 5.74) is 0.871. The molecule has 1 aliphatic heterocycles. The van der Waals surface area contributed by atoms with Crippen molar-refractivity contribution < 1.29 is 5.11 Å². The normalized spacial score (nSPS) is 34.8. The third kappa shape index (κ3) is 7.67. The van der Waals surface area contributed by atoms with Crippen LogP contribution in [0.1, 0.15) is 118 Å². The number of aliphatic hydroxyl groups is 1. The average Bonchev–Trinajstić information content (AvgIpc) is 2.80. The first-order chi connectivity index (χ1) is 16.6. The van der Waals surface area contributed by atoms with Crippen LogP contribution in [0, 0.1) is 44.8 Å². The molecule has 1 unspecified atom stereocenters. The third-order valence-corrected chi connectivity index (χ3v) is 10.0. The van der Waals surface area contributed by atoms with E-state index in [1.807, 2.05) is 0 Å². The molecule has 2 atom stereocenters. The van der Waals surface area contributed by atoms with Crippen LogP contribution in [0.3, 0.4) is 0 Å². The number of aliphatic hydroxyl groups excluding tert-OH is 1. The van der Waals surface area contributed by atoms with Gasteiger partial charge in [0.15, 0.2) is 0 Å². The van der Waals surface area contributed by atoms with Crippen LogP contribution in [0.2, 0.25) is 0 Å². The van der Waals surface area contributed by atoms with Crippen molar-refractivity contribution in [2.24, 2.45) is 22.2 Å². The van der Waals surface area contributed by atoms with Crippen molar-refractivity contribution in [3.8, 4) is 12.1 Å². The van der Waals surface area contributed by atoms with Crippen LogP contribution in [-0.4, -0.2) is 47.8 Å². The van der Waals surface area contributed by atoms with Gasteiger partial charge in [-0.1, -0.05) is 40.5 Å². The summed E-state index contributed by atoms with van der Waals surface area (Å²) < 4.78 is 0. The molecule has 2 saturated carbocycles. The molecule has 1 saturated heterocycles. The molecule has 5 nitrogen and oxygen atoms in total. The van der Waals surface area contributed by atoms with E-state index in [0.29, 0.717) is 36.3 Å². The molecule has 3 fully saturated rings. The fraction of sp³-hybridized carbons (Fsp3) is 0.933. The van der Waals surface area contributed by atoms with E-state index in [1.54, 1.807) is 0 Å². The van der Waals surface area contributed by atoms with Crippen molar-refractivity contribution in [1.29, 1.82) is 10.5 Å². The molecule has 0 aromatic rings. The second kappa shape index (κ2) is 12.4. The number of hydrogen-bond acceptors (Lipinski definition) is 5. The maximum absolute atomic E-state index is 9.65. The van der Waals surface area contributed by atoms with E-state index in [2.05, 4.69) is 50.1 Å². The summed E-state index contributed by atoms with van der Waals surface area (Å²) in [6.45, 7) is 12.1. The van der Waals surface area contributed by atoms with Crippen LogP contribution in [0.25, 0.3) is 0 Å². The van der Waals surface area contributed by atoms with E-state index in [1.165, 1.54) is 45.2 Å². The third-order valence-electron chi connectivity index (χ3n) is 10.0. The highest BCUT2D eigenvalue weighted by atomic mass is 16.3. The maximum Gasteiger partial charge on any atom is 0.0627 e. The van der Waals surface area contributed by atoms with Gasteiger partial charge in [-0.2, -0.15) is 10.5 Å². The quantitative estimate of drug-likeness (QED) is 0.345. The van der Waals surface area contributed by atoms with Gasteiger partial charge in [0.2, 0.25) is 0 Å². The lowest BCUT2D eigenvalue weighted by Crippen LogP contribution is -2.58. The Bertz CT molecular complexity index is 726. The van der Waals surface area contributed by atoms with Gasteiger partial charge in [0, 0.05) is 50.7 Å². The summed E-state index contributed by atoms with van der Waals surface area (Å²) in [7, 11) is 0. The van der Waals surface area contributed by atoms with Gasteiger partial charge in [0.05, 0.1) is 12.1 Å². The molecule has 0 spiro atoms. The van der Waals surface area contributed by atoms with Gasteiger partial charge in [0.25, 0.3) is 0 Å². The van der Waals surface area contributed by atoms with Crippen LogP contribution in [0.4, 0.5) is 0 Å². The number of nitrogens with one attached hydrogen (secondary N) is 1. The number of likely N-dealkylation sites (tertiary alicyclic amines) is 1. The molecular formula is C30H52N4O. The molecule has 198 valence electrons. The molecule has 3 rings (SSSR count). The minimum absolute atomic E-state index is 0.189. The molecular weight excluding hydrogens is 432 g/mol. The summed E-state index contributed by atoms with van der Waals surface area (Å²) in [6.07, 6.45) is 15.0. The molecule has 2 aliphatic carbocycles. The topological polar surface area (TPSA) is 83.1 Å². The standard InChI is InChI=1S/C30H52N4O/c1-24(30(18-20-32)15-10-27(11-16-30)34-22-28(2,3)23-34)6-5-7-25(12-21-35)33-26-8-13-29(4,14-9-26)17-19-31/h24-27,33,35H,5-18,21-23H2,1-4H3/t24-,25?,26-,27-,29+,30-/m0/s1. The summed E-state index contributed by atoms with van der Waals surface area (Å²) >= 11 is 0. The smallest absolute Gasteiger partial charge is 0.0627 e. The predicted octanol–water partition coefficient (Wildman–Crippen LogP) is 6.18. The summed E-state index contributed by atoms with van der Waals surface area (Å²) in [4.78, 5) is 2.68. The van der Waals surface area contributed by atoms with Crippen LogP contribution in [-0.2, 0) is 0 Å². The molecule has 35 heavy (non-hydrogen) atoms. The van der Waals surface area contributed by atoms with Gasteiger partial charge in [-0.15, -0.1) is 0 Å². The maximum atomic E-state index is 9.65. The van der Waals surface area contributed by atoms with Gasteiger partial charge >= 0.3 is 0 Å². The highest BCUT2D eigenvalue weighted by Crippen LogP contribution is 2.49. The highest BCUT2D eigenvalue weighted by Gasteiger charge is 2.44. The lowest BCUT2D eigenvalue weighted by molar-refractivity contribution is -0.0403. The first-order valence-electron chi connectivity index (χ1n) is 14.5. The second-order valence-corrected chi connectivity index (χ2v) is 13.6. The SMILES string of the molecule is C[C@@H](CCCC(CCO)N[C@H]1CC[C@@](C)(CC#N)CC1)[C@]1(CC#N)CC[C@@H](N2CC(C)(C)C2)CC1. The van der Waals surface area contributed by atoms with Crippen LogP contribution in [0.15, 0.2) is 0 Å². The Hall–Kier alpha value is -1.14. The lowest BCUT2D eigenvalue weighted by atomic mass is 9.62. The Kier molecular flexibility index (Phi) is 10.1. The fourth-order valence-electron chi connectivity index (χ4n) is 7.48. The molecule has 3 aliphatic rings. The van der Waals surface area contributed by atoms with E-state index in [4.69, 9.17) is 5.26 Å².